The van der Waals surface area contributed by atoms with Crippen LogP contribution in [0.4, 0.5) is 0 Å². The van der Waals surface area contributed by atoms with Gasteiger partial charge in [0.2, 0.25) is 0 Å². The zero-order valence-electron chi connectivity index (χ0n) is 18.1. The summed E-state index contributed by atoms with van der Waals surface area (Å²) in [5.74, 6) is 1.86. The van der Waals surface area contributed by atoms with Crippen molar-refractivity contribution < 1.29 is 9.53 Å². The number of hydrogen-bond donors (Lipinski definition) is 0. The lowest BCUT2D eigenvalue weighted by Crippen LogP contribution is -2.38. The minimum atomic E-state index is -0.0564. The molecular weight excluding hydrogens is 388 g/mol. The van der Waals surface area contributed by atoms with Crippen molar-refractivity contribution in [1.29, 1.82) is 0 Å². The number of thioether (sulfide) groups is 1. The maximum Gasteiger partial charge on any atom is 0.316 e. The molecular formula is C27H30O2S. The van der Waals surface area contributed by atoms with Crippen molar-refractivity contribution in [2.75, 3.05) is 5.75 Å². The average molecular weight is 419 g/mol. The fraction of sp³-hybridized carbons (Fsp3) is 0.444. The first kappa shape index (κ1) is 19.9. The summed E-state index contributed by atoms with van der Waals surface area (Å²) < 4.78 is 6.04. The third-order valence-electron chi connectivity index (χ3n) is 8.34. The van der Waals surface area contributed by atoms with Crippen molar-refractivity contribution in [3.05, 3.63) is 60.2 Å². The van der Waals surface area contributed by atoms with Crippen molar-refractivity contribution in [1.82, 2.24) is 0 Å². The van der Waals surface area contributed by atoms with Gasteiger partial charge in [-0.3, -0.25) is 4.79 Å². The Hall–Kier alpha value is -2.00. The van der Waals surface area contributed by atoms with Gasteiger partial charge in [0.15, 0.2) is 0 Å². The Balaban J connectivity index is 1.29. The van der Waals surface area contributed by atoms with E-state index in [9.17, 15) is 4.79 Å². The highest BCUT2D eigenvalue weighted by Gasteiger charge is 2.62. The quantitative estimate of drug-likeness (QED) is 0.330. The van der Waals surface area contributed by atoms with Gasteiger partial charge in [-0.15, -0.1) is 11.8 Å². The number of rotatable bonds is 5. The fourth-order valence-electron chi connectivity index (χ4n) is 6.00. The van der Waals surface area contributed by atoms with E-state index >= 15 is 0 Å². The van der Waals surface area contributed by atoms with E-state index in [-0.39, 0.29) is 22.9 Å². The second kappa shape index (κ2) is 7.30. The van der Waals surface area contributed by atoms with Gasteiger partial charge >= 0.3 is 5.97 Å². The Labute approximate surface area is 183 Å². The van der Waals surface area contributed by atoms with Crippen molar-refractivity contribution in [2.24, 2.45) is 16.7 Å². The molecule has 2 saturated carbocycles. The third-order valence-corrected chi connectivity index (χ3v) is 9.27. The van der Waals surface area contributed by atoms with Crippen LogP contribution in [0.1, 0.15) is 45.6 Å². The van der Waals surface area contributed by atoms with Crippen LogP contribution in [0.3, 0.4) is 0 Å². The SMILES string of the molecule is CC1(C)C2CCC1(C)C(OC(=O)CSCc1c3ccccc3cc3ccccc13)C2. The summed E-state index contributed by atoms with van der Waals surface area (Å²) in [6, 6.07) is 19.3. The summed E-state index contributed by atoms with van der Waals surface area (Å²) in [7, 11) is 0. The fourth-order valence-corrected chi connectivity index (χ4v) is 6.85. The molecule has 0 saturated heterocycles. The Bertz CT molecular complexity index is 1060. The van der Waals surface area contributed by atoms with Crippen molar-refractivity contribution >= 4 is 39.3 Å². The lowest BCUT2D eigenvalue weighted by atomic mass is 9.70. The lowest BCUT2D eigenvalue weighted by molar-refractivity contribution is -0.153. The van der Waals surface area contributed by atoms with Crippen molar-refractivity contribution in [2.45, 2.75) is 51.9 Å². The zero-order valence-corrected chi connectivity index (χ0v) is 18.9. The van der Waals surface area contributed by atoms with E-state index in [4.69, 9.17) is 4.74 Å². The first-order valence-corrected chi connectivity index (χ1v) is 12.2. The molecule has 3 aromatic carbocycles. The van der Waals surface area contributed by atoms with Gasteiger partial charge < -0.3 is 4.74 Å². The molecule has 30 heavy (non-hydrogen) atoms. The second-order valence-corrected chi connectivity index (χ2v) is 10.9. The van der Waals surface area contributed by atoms with Crippen molar-refractivity contribution in [3.8, 4) is 0 Å². The molecule has 2 aliphatic rings. The number of benzene rings is 3. The lowest BCUT2D eigenvalue weighted by Gasteiger charge is -2.38. The van der Waals surface area contributed by atoms with Gasteiger partial charge in [0, 0.05) is 11.2 Å². The first-order valence-electron chi connectivity index (χ1n) is 11.1. The molecule has 3 aromatic rings. The summed E-state index contributed by atoms with van der Waals surface area (Å²) in [6.45, 7) is 7.05. The Kier molecular flexibility index (Phi) is 4.85. The molecule has 0 heterocycles. The van der Waals surface area contributed by atoms with Gasteiger partial charge in [-0.25, -0.2) is 0 Å². The minimum Gasteiger partial charge on any atom is -0.461 e. The van der Waals surface area contributed by atoms with Gasteiger partial charge in [0.05, 0.1) is 5.75 Å². The monoisotopic (exact) mass is 418 g/mol. The molecule has 2 nitrogen and oxygen atoms in total. The van der Waals surface area contributed by atoms with Crippen LogP contribution in [-0.2, 0) is 15.3 Å². The molecule has 3 unspecified atom stereocenters. The number of carbonyl (C=O) groups excluding carboxylic acids is 1. The molecule has 0 amide bonds. The van der Waals surface area contributed by atoms with Crippen molar-refractivity contribution in [3.63, 3.8) is 0 Å². The van der Waals surface area contributed by atoms with E-state index < -0.39 is 0 Å². The largest absolute Gasteiger partial charge is 0.461 e. The predicted molar refractivity (Wildman–Crippen MR) is 127 cm³/mol. The number of esters is 1. The summed E-state index contributed by atoms with van der Waals surface area (Å²) in [4.78, 5) is 12.7. The van der Waals surface area contributed by atoms with E-state index in [0.29, 0.717) is 11.7 Å². The summed E-state index contributed by atoms with van der Waals surface area (Å²) >= 11 is 1.67. The molecule has 2 aliphatic carbocycles. The third kappa shape index (κ3) is 3.05. The summed E-state index contributed by atoms with van der Waals surface area (Å²) in [5, 5.41) is 5.07. The number of ether oxygens (including phenoxy) is 1. The maximum absolute atomic E-state index is 12.7. The Morgan fingerprint density at radius 2 is 1.67 bits per heavy atom. The normalized spacial score (nSPS) is 27.0. The van der Waals surface area contributed by atoms with E-state index in [2.05, 4.69) is 75.4 Å². The molecule has 0 radical (unpaired) electrons. The number of hydrogen-bond acceptors (Lipinski definition) is 3. The van der Waals surface area contributed by atoms with Crippen LogP contribution in [0.5, 0.6) is 0 Å². The molecule has 2 bridgehead atoms. The van der Waals surface area contributed by atoms with Crippen LogP contribution in [0.2, 0.25) is 0 Å². The van der Waals surface area contributed by atoms with Gasteiger partial charge in [0.25, 0.3) is 0 Å². The van der Waals surface area contributed by atoms with E-state index in [0.717, 1.165) is 12.2 Å². The van der Waals surface area contributed by atoms with E-state index in [1.807, 2.05) is 0 Å². The van der Waals surface area contributed by atoms with E-state index in [1.165, 1.54) is 39.9 Å². The van der Waals surface area contributed by atoms with Crippen LogP contribution in [0.25, 0.3) is 21.5 Å². The van der Waals surface area contributed by atoms with Gasteiger partial charge in [0.1, 0.15) is 6.10 Å². The Morgan fingerprint density at radius 3 is 2.23 bits per heavy atom. The summed E-state index contributed by atoms with van der Waals surface area (Å²) in [6.07, 6.45) is 3.57. The summed E-state index contributed by atoms with van der Waals surface area (Å²) in [5.41, 5.74) is 1.71. The molecule has 0 spiro atoms. The van der Waals surface area contributed by atoms with Crippen LogP contribution < -0.4 is 0 Å². The second-order valence-electron chi connectivity index (χ2n) is 9.88. The van der Waals surface area contributed by atoms with Crippen LogP contribution in [-0.4, -0.2) is 17.8 Å². The first-order chi connectivity index (χ1) is 14.4. The molecule has 0 N–H and O–H groups in total. The van der Waals surface area contributed by atoms with Crippen LogP contribution in [0.15, 0.2) is 54.6 Å². The average Bonchev–Trinajstić information content (AvgIpc) is 3.07. The van der Waals surface area contributed by atoms with Gasteiger partial charge in [-0.1, -0.05) is 69.3 Å². The van der Waals surface area contributed by atoms with E-state index in [1.54, 1.807) is 11.8 Å². The molecule has 5 rings (SSSR count). The molecule has 2 fully saturated rings. The number of fused-ring (bicyclic) bond motifs is 4. The molecule has 3 heteroatoms. The highest BCUT2D eigenvalue weighted by atomic mass is 32.2. The van der Waals surface area contributed by atoms with Crippen LogP contribution >= 0.6 is 11.8 Å². The minimum absolute atomic E-state index is 0.0564. The smallest absolute Gasteiger partial charge is 0.316 e. The molecule has 156 valence electrons. The highest BCUT2D eigenvalue weighted by Crippen LogP contribution is 2.66. The van der Waals surface area contributed by atoms with Crippen LogP contribution in [0, 0.1) is 16.7 Å². The Morgan fingerprint density at radius 1 is 1.03 bits per heavy atom. The molecule has 3 atom stereocenters. The topological polar surface area (TPSA) is 26.3 Å². The maximum atomic E-state index is 12.7. The number of carbonyl (C=O) groups is 1. The predicted octanol–water partition coefficient (Wildman–Crippen LogP) is 6.98. The zero-order chi connectivity index (χ0) is 20.9. The highest BCUT2D eigenvalue weighted by molar-refractivity contribution is 7.99. The van der Waals surface area contributed by atoms with Gasteiger partial charge in [-0.05, 0) is 63.8 Å². The standard InChI is InChI=1S/C27H30O2S/c1-26(2)20-12-13-27(26,3)24(15-20)29-25(28)17-30-16-23-21-10-6-4-8-18(21)14-19-9-5-7-11-22(19)23/h4-11,14,20,24H,12-13,15-17H2,1-3H3. The molecule has 0 aliphatic heterocycles. The molecule has 0 aromatic heterocycles. The van der Waals surface area contributed by atoms with Gasteiger partial charge in [-0.2, -0.15) is 0 Å².